The molecule has 0 spiro atoms. The first kappa shape index (κ1) is 40.6. The van der Waals surface area contributed by atoms with Gasteiger partial charge in [-0.15, -0.1) is 0 Å². The minimum absolute atomic E-state index is 0.0116. The molecule has 2 aromatic carbocycles. The van der Waals surface area contributed by atoms with E-state index in [0.29, 0.717) is 38.9 Å². The van der Waals surface area contributed by atoms with Crippen molar-refractivity contribution in [3.8, 4) is 0 Å². The van der Waals surface area contributed by atoms with E-state index in [-0.39, 0.29) is 66.4 Å². The quantitative estimate of drug-likeness (QED) is 0.273. The predicted molar refractivity (Wildman–Crippen MR) is 209 cm³/mol. The number of benzene rings is 2. The molecule has 0 bridgehead atoms. The Balaban J connectivity index is 1.02. The van der Waals surface area contributed by atoms with Gasteiger partial charge in [0.2, 0.25) is 5.91 Å². The Bertz CT molecular complexity index is 1870. The average Bonchev–Trinajstić information content (AvgIpc) is 3.46. The summed E-state index contributed by atoms with van der Waals surface area (Å²) in [5.41, 5.74) is -0.863. The zero-order chi connectivity index (χ0) is 39.7. The number of hydrogen-bond acceptors (Lipinski definition) is 8. The Morgan fingerprint density at radius 1 is 0.946 bits per heavy atom. The van der Waals surface area contributed by atoms with E-state index in [1.54, 1.807) is 17.0 Å². The number of piperidine rings is 1. The lowest BCUT2D eigenvalue weighted by Gasteiger charge is -2.54. The summed E-state index contributed by atoms with van der Waals surface area (Å²) in [4.78, 5) is 32.3. The van der Waals surface area contributed by atoms with Gasteiger partial charge in [-0.3, -0.25) is 9.69 Å². The number of nitrogens with zero attached hydrogens (tertiary/aromatic N) is 4. The number of methoxy groups -OCH3 is 1. The van der Waals surface area contributed by atoms with Crippen molar-refractivity contribution in [2.24, 2.45) is 11.8 Å². The number of carbonyl (C=O) groups is 2. The van der Waals surface area contributed by atoms with Crippen LogP contribution in [-0.2, 0) is 24.8 Å². The second-order valence-electron chi connectivity index (χ2n) is 16.8. The standard InChI is InChI=1S/C42H56F3N5O5S/c1-3-39(51)49-20-5-4-11-34(25-49)56(53,54)33-14-15-38(36(44)24-33)50-27-41(45,28-50)26-48-21-16-30(17-22-48)42(29-47-18-8-19-47,31-9-6-10-32(43)23-31)35-12-7-13-37(35)46-40(52)55-2/h3,6,9-10,14-15,23-24,30,34-35,37H,1,4-5,7-8,11-13,16-22,25-29H2,2H3,(H,46,52)/t34-,35-,37-,42-/m0/s1. The Hall–Kier alpha value is -3.62. The third-order valence-corrected chi connectivity index (χ3v) is 15.5. The highest BCUT2D eigenvalue weighted by Gasteiger charge is 2.54. The zero-order valence-corrected chi connectivity index (χ0v) is 33.3. The number of halogens is 3. The Labute approximate surface area is 329 Å². The van der Waals surface area contributed by atoms with Gasteiger partial charge in [0.15, 0.2) is 15.5 Å². The highest BCUT2D eigenvalue weighted by molar-refractivity contribution is 7.92. The third-order valence-electron chi connectivity index (χ3n) is 13.4. The van der Waals surface area contributed by atoms with Crippen molar-refractivity contribution < 1.29 is 35.9 Å². The lowest BCUT2D eigenvalue weighted by atomic mass is 9.57. The van der Waals surface area contributed by atoms with E-state index >= 15 is 13.2 Å². The van der Waals surface area contributed by atoms with Crippen molar-refractivity contribution in [1.29, 1.82) is 0 Å². The van der Waals surface area contributed by atoms with Crippen LogP contribution in [0.1, 0.15) is 63.4 Å². The van der Waals surface area contributed by atoms with Crippen LogP contribution >= 0.6 is 0 Å². The fourth-order valence-electron chi connectivity index (χ4n) is 10.5. The molecular weight excluding hydrogens is 744 g/mol. The maximum Gasteiger partial charge on any atom is 0.407 e. The fourth-order valence-corrected chi connectivity index (χ4v) is 12.2. The highest BCUT2D eigenvalue weighted by atomic mass is 32.2. The Morgan fingerprint density at radius 2 is 1.71 bits per heavy atom. The molecule has 306 valence electrons. The van der Waals surface area contributed by atoms with Gasteiger partial charge in [0.1, 0.15) is 11.6 Å². The van der Waals surface area contributed by atoms with Crippen LogP contribution in [0.3, 0.4) is 0 Å². The molecule has 1 saturated carbocycles. The van der Waals surface area contributed by atoms with Crippen molar-refractivity contribution >= 4 is 27.5 Å². The molecule has 4 saturated heterocycles. The van der Waals surface area contributed by atoms with Gasteiger partial charge in [-0.2, -0.15) is 0 Å². The largest absolute Gasteiger partial charge is 0.453 e. The summed E-state index contributed by atoms with van der Waals surface area (Å²) in [6, 6.07) is 10.7. The predicted octanol–water partition coefficient (Wildman–Crippen LogP) is 5.71. The minimum Gasteiger partial charge on any atom is -0.453 e. The first-order valence-corrected chi connectivity index (χ1v) is 21.8. The zero-order valence-electron chi connectivity index (χ0n) is 32.4. The van der Waals surface area contributed by atoms with Gasteiger partial charge in [0, 0.05) is 37.6 Å². The molecule has 10 nitrogen and oxygen atoms in total. The smallest absolute Gasteiger partial charge is 0.407 e. The van der Waals surface area contributed by atoms with Crippen LogP contribution in [-0.4, -0.2) is 125 Å². The van der Waals surface area contributed by atoms with Gasteiger partial charge in [-0.05, 0) is 125 Å². The fraction of sp³-hybridized carbons (Fsp3) is 0.619. The van der Waals surface area contributed by atoms with E-state index in [2.05, 4.69) is 21.7 Å². The third kappa shape index (κ3) is 8.20. The van der Waals surface area contributed by atoms with Crippen LogP contribution in [0, 0.1) is 23.5 Å². The van der Waals surface area contributed by atoms with Gasteiger partial charge >= 0.3 is 6.09 Å². The van der Waals surface area contributed by atoms with E-state index in [0.717, 1.165) is 69.8 Å². The molecule has 0 radical (unpaired) electrons. The summed E-state index contributed by atoms with van der Waals surface area (Å²) >= 11 is 0. The molecular formula is C42H56F3N5O5S. The normalized spacial score (nSPS) is 26.0. The van der Waals surface area contributed by atoms with Crippen molar-refractivity contribution in [3.05, 3.63) is 72.3 Å². The molecule has 14 heteroatoms. The van der Waals surface area contributed by atoms with Crippen molar-refractivity contribution in [2.75, 3.05) is 77.5 Å². The lowest BCUT2D eigenvalue weighted by Crippen LogP contribution is -2.65. The van der Waals surface area contributed by atoms with Crippen LogP contribution in [0.5, 0.6) is 0 Å². The first-order valence-electron chi connectivity index (χ1n) is 20.3. The maximum atomic E-state index is 16.3. The number of ether oxygens (including phenoxy) is 1. The number of nitrogens with one attached hydrogen (secondary N) is 1. The maximum absolute atomic E-state index is 16.3. The molecule has 4 heterocycles. The summed E-state index contributed by atoms with van der Waals surface area (Å²) in [5.74, 6) is -1.07. The molecule has 4 aliphatic heterocycles. The van der Waals surface area contributed by atoms with Crippen molar-refractivity contribution in [1.82, 2.24) is 20.0 Å². The summed E-state index contributed by atoms with van der Waals surface area (Å²) in [7, 11) is -2.55. The van der Waals surface area contributed by atoms with E-state index in [1.807, 2.05) is 6.07 Å². The summed E-state index contributed by atoms with van der Waals surface area (Å²) < 4.78 is 79.1. The highest BCUT2D eigenvalue weighted by Crippen LogP contribution is 2.52. The molecule has 1 N–H and O–H groups in total. The number of sulfone groups is 1. The topological polar surface area (TPSA) is 103 Å². The molecule has 56 heavy (non-hydrogen) atoms. The molecule has 4 atom stereocenters. The average molecular weight is 800 g/mol. The Morgan fingerprint density at radius 3 is 2.38 bits per heavy atom. The van der Waals surface area contributed by atoms with Gasteiger partial charge < -0.3 is 24.8 Å². The molecule has 5 fully saturated rings. The van der Waals surface area contributed by atoms with E-state index in [4.69, 9.17) is 4.74 Å². The number of rotatable bonds is 12. The van der Waals surface area contributed by atoms with Crippen LogP contribution in [0.2, 0.25) is 0 Å². The lowest BCUT2D eigenvalue weighted by molar-refractivity contribution is -0.125. The van der Waals surface area contributed by atoms with Crippen LogP contribution in [0.25, 0.3) is 0 Å². The summed E-state index contributed by atoms with van der Waals surface area (Å²) in [6.07, 6.45) is 7.79. The van der Waals surface area contributed by atoms with Gasteiger partial charge in [-0.25, -0.2) is 26.4 Å². The Kier molecular flexibility index (Phi) is 12.1. The molecule has 2 aromatic rings. The number of carbonyl (C=O) groups excluding carboxylic acids is 2. The van der Waals surface area contributed by atoms with Crippen LogP contribution in [0.4, 0.5) is 23.7 Å². The van der Waals surface area contributed by atoms with Crippen molar-refractivity contribution in [2.45, 2.75) is 85.1 Å². The minimum atomic E-state index is -3.92. The van der Waals surface area contributed by atoms with Gasteiger partial charge in [0.05, 0.1) is 36.0 Å². The van der Waals surface area contributed by atoms with Gasteiger partial charge in [0.25, 0.3) is 0 Å². The second kappa shape index (κ2) is 16.7. The molecule has 0 aromatic heterocycles. The first-order chi connectivity index (χ1) is 26.8. The number of amides is 2. The molecule has 0 unspecified atom stereocenters. The molecule has 2 amide bonds. The second-order valence-corrected chi connectivity index (χ2v) is 19.0. The monoisotopic (exact) mass is 799 g/mol. The van der Waals surface area contributed by atoms with E-state index < -0.39 is 38.1 Å². The van der Waals surface area contributed by atoms with Crippen molar-refractivity contribution in [3.63, 3.8) is 0 Å². The number of hydrogen-bond donors (Lipinski definition) is 1. The van der Waals surface area contributed by atoms with Crippen LogP contribution < -0.4 is 10.2 Å². The molecule has 7 rings (SSSR count). The number of alkyl halides is 1. The van der Waals surface area contributed by atoms with Gasteiger partial charge in [-0.1, -0.05) is 31.6 Å². The SMILES string of the molecule is C=CC(=O)N1CCCC[C@H](S(=O)(=O)c2ccc(N3CC(F)(CN4CCC([C@@](CN5CCC5)(c5cccc(F)c5)[C@H]5CCC[C@@H]5NC(=O)OC)CC4)C3)c(F)c2)C1. The molecule has 5 aliphatic rings. The van der Waals surface area contributed by atoms with Crippen LogP contribution in [0.15, 0.2) is 60.0 Å². The number of alkyl carbamates (subject to hydrolysis) is 1. The summed E-state index contributed by atoms with van der Waals surface area (Å²) in [5, 5.41) is 2.27. The van der Waals surface area contributed by atoms with E-state index in [9.17, 15) is 18.0 Å². The number of anilines is 1. The summed E-state index contributed by atoms with van der Waals surface area (Å²) in [6.45, 7) is 8.23. The molecule has 1 aliphatic carbocycles. The van der Waals surface area contributed by atoms with E-state index in [1.165, 1.54) is 36.3 Å². The number of likely N-dealkylation sites (tertiary alicyclic amines) is 3.